The highest BCUT2D eigenvalue weighted by Crippen LogP contribution is 1.95. The minimum atomic E-state index is -1.35. The van der Waals surface area contributed by atoms with Crippen LogP contribution in [0.25, 0.3) is 0 Å². The molecule has 76 valence electrons. The van der Waals surface area contributed by atoms with E-state index in [1.165, 1.54) is 12.4 Å². The van der Waals surface area contributed by atoms with Gasteiger partial charge in [0.05, 0.1) is 0 Å². The molecule has 14 heavy (non-hydrogen) atoms. The fourth-order valence-corrected chi connectivity index (χ4v) is 0.836. The molecule has 0 aliphatic carbocycles. The average Bonchev–Trinajstić information content (AvgIpc) is 2.52. The molecular weight excluding hydrogens is 192 g/mol. The number of hydrogen-bond acceptors (Lipinski definition) is 3. The lowest BCUT2D eigenvalue weighted by atomic mass is 10.7. The minimum absolute atomic E-state index is 1.12. The van der Waals surface area contributed by atoms with Gasteiger partial charge in [-0.25, -0.2) is 14.3 Å². The molecule has 0 radical (unpaired) electrons. The van der Waals surface area contributed by atoms with Crippen molar-refractivity contribution in [2.24, 2.45) is 0 Å². The van der Waals surface area contributed by atoms with Crippen LogP contribution in [0.4, 0.5) is 9.59 Å². The predicted octanol–water partition coefficient (Wildman–Crippen LogP) is -0.126. The molecule has 0 fully saturated rings. The zero-order chi connectivity index (χ0) is 10.6. The van der Waals surface area contributed by atoms with E-state index in [4.69, 9.17) is 10.2 Å². The summed E-state index contributed by atoms with van der Waals surface area (Å²) in [6.07, 6.45) is -0.991. The summed E-state index contributed by atoms with van der Waals surface area (Å²) in [7, 11) is 0. The van der Waals surface area contributed by atoms with Crippen molar-refractivity contribution in [3.63, 3.8) is 0 Å². The first kappa shape index (κ1) is 9.84. The lowest BCUT2D eigenvalue weighted by Crippen LogP contribution is -2.43. The molecule has 0 aliphatic rings. The quantitative estimate of drug-likeness (QED) is 0.507. The van der Waals surface area contributed by atoms with Gasteiger partial charge in [0.15, 0.2) is 0 Å². The maximum absolute atomic E-state index is 10.3. The van der Waals surface area contributed by atoms with E-state index in [1.54, 1.807) is 6.07 Å². The largest absolute Gasteiger partial charge is 0.465 e. The van der Waals surface area contributed by atoms with Gasteiger partial charge < -0.3 is 10.2 Å². The van der Waals surface area contributed by atoms with Crippen LogP contribution in [0.2, 0.25) is 0 Å². The Balaban J connectivity index is 2.71. The average molecular weight is 200 g/mol. The summed E-state index contributed by atoms with van der Waals surface area (Å²) in [5, 5.41) is 24.4. The summed E-state index contributed by atoms with van der Waals surface area (Å²) in [5.74, 6) is 0. The minimum Gasteiger partial charge on any atom is -0.465 e. The monoisotopic (exact) mass is 200 g/mol. The van der Waals surface area contributed by atoms with Crippen molar-refractivity contribution in [3.05, 3.63) is 18.5 Å². The lowest BCUT2D eigenvalue weighted by molar-refractivity contribution is 0.162. The van der Waals surface area contributed by atoms with Gasteiger partial charge in [0.2, 0.25) is 6.29 Å². The third-order valence-corrected chi connectivity index (χ3v) is 1.31. The normalized spacial score (nSPS) is 9.79. The number of nitrogens with one attached hydrogen (secondary N) is 2. The summed E-state index contributed by atoms with van der Waals surface area (Å²) < 4.78 is 1.13. The van der Waals surface area contributed by atoms with Crippen LogP contribution < -0.4 is 10.6 Å². The molecule has 0 saturated heterocycles. The van der Waals surface area contributed by atoms with Gasteiger partial charge in [0.25, 0.3) is 0 Å². The van der Waals surface area contributed by atoms with Crippen LogP contribution in [0.5, 0.6) is 0 Å². The molecule has 1 heterocycles. The molecule has 1 aromatic rings. The highest BCUT2D eigenvalue weighted by atomic mass is 16.4. The molecule has 8 nitrogen and oxygen atoms in total. The van der Waals surface area contributed by atoms with Crippen LogP contribution >= 0.6 is 0 Å². The Kier molecular flexibility index (Phi) is 2.89. The van der Waals surface area contributed by atoms with Crippen LogP contribution in [0.1, 0.15) is 6.29 Å². The molecule has 2 amide bonds. The molecule has 1 rings (SSSR count). The van der Waals surface area contributed by atoms with Crippen LogP contribution in [0.15, 0.2) is 18.5 Å². The molecular formula is C6H8N4O4. The molecule has 1 aromatic heterocycles. The Morgan fingerprint density at radius 3 is 2.21 bits per heavy atom. The van der Waals surface area contributed by atoms with Crippen molar-refractivity contribution in [1.82, 2.24) is 20.4 Å². The van der Waals surface area contributed by atoms with Crippen LogP contribution in [-0.4, -0.2) is 32.2 Å². The van der Waals surface area contributed by atoms with Gasteiger partial charge in [-0.05, 0) is 6.07 Å². The molecule has 0 atom stereocenters. The number of nitrogens with zero attached hydrogens (tertiary/aromatic N) is 2. The molecule has 4 N–H and O–H groups in total. The molecule has 0 spiro atoms. The zero-order valence-corrected chi connectivity index (χ0v) is 6.91. The summed E-state index contributed by atoms with van der Waals surface area (Å²) in [5.41, 5.74) is 0. The van der Waals surface area contributed by atoms with E-state index in [-0.39, 0.29) is 0 Å². The number of hydrogen-bond donors (Lipinski definition) is 4. The third kappa shape index (κ3) is 2.66. The molecule has 0 aliphatic heterocycles. The maximum Gasteiger partial charge on any atom is 0.407 e. The second-order valence-electron chi connectivity index (χ2n) is 2.29. The first-order valence-electron chi connectivity index (χ1n) is 3.57. The van der Waals surface area contributed by atoms with Crippen molar-refractivity contribution < 1.29 is 19.8 Å². The highest BCUT2D eigenvalue weighted by molar-refractivity contribution is 5.67. The number of carboxylic acid groups (broad SMARTS) is 2. The Morgan fingerprint density at radius 1 is 1.29 bits per heavy atom. The third-order valence-electron chi connectivity index (χ3n) is 1.31. The Bertz CT molecular complexity index is 307. The van der Waals surface area contributed by atoms with E-state index in [9.17, 15) is 9.59 Å². The number of rotatable bonds is 3. The van der Waals surface area contributed by atoms with Crippen LogP contribution in [-0.2, 0) is 0 Å². The van der Waals surface area contributed by atoms with Gasteiger partial charge in [-0.15, -0.1) is 0 Å². The number of carbonyl (C=O) groups is 2. The molecule has 0 aromatic carbocycles. The van der Waals surface area contributed by atoms with Crippen molar-refractivity contribution in [1.29, 1.82) is 0 Å². The summed E-state index contributed by atoms with van der Waals surface area (Å²) in [6, 6.07) is 1.54. The first-order valence-corrected chi connectivity index (χ1v) is 3.57. The van der Waals surface area contributed by atoms with Crippen molar-refractivity contribution >= 4 is 12.2 Å². The lowest BCUT2D eigenvalue weighted by Gasteiger charge is -2.16. The van der Waals surface area contributed by atoms with E-state index >= 15 is 0 Å². The topological polar surface area (TPSA) is 116 Å². The standard InChI is InChI=1S/C6H8N4O4/c11-5(12)8-4(9-6(13)14)10-3-1-2-7-10/h1-4,8-9H,(H,11,12)(H,13,14). The van der Waals surface area contributed by atoms with E-state index in [1.807, 2.05) is 10.6 Å². The van der Waals surface area contributed by atoms with Gasteiger partial charge >= 0.3 is 12.2 Å². The Hall–Kier alpha value is -2.25. The van der Waals surface area contributed by atoms with E-state index < -0.39 is 18.5 Å². The van der Waals surface area contributed by atoms with Crippen LogP contribution in [0.3, 0.4) is 0 Å². The van der Waals surface area contributed by atoms with Crippen LogP contribution in [0, 0.1) is 0 Å². The molecule has 0 unspecified atom stereocenters. The smallest absolute Gasteiger partial charge is 0.407 e. The van der Waals surface area contributed by atoms with Gasteiger partial charge in [-0.3, -0.25) is 10.6 Å². The predicted molar refractivity (Wildman–Crippen MR) is 43.6 cm³/mol. The zero-order valence-electron chi connectivity index (χ0n) is 6.91. The van der Waals surface area contributed by atoms with E-state index in [0.29, 0.717) is 0 Å². The van der Waals surface area contributed by atoms with Gasteiger partial charge in [0, 0.05) is 12.4 Å². The molecule has 0 bridgehead atoms. The van der Waals surface area contributed by atoms with Gasteiger partial charge in [0.1, 0.15) is 0 Å². The fraction of sp³-hybridized carbons (Fsp3) is 0.167. The summed E-state index contributed by atoms with van der Waals surface area (Å²) in [4.78, 5) is 20.6. The van der Waals surface area contributed by atoms with Crippen molar-refractivity contribution in [2.75, 3.05) is 0 Å². The summed E-state index contributed by atoms with van der Waals surface area (Å²) >= 11 is 0. The SMILES string of the molecule is O=C(O)NC(NC(=O)O)n1cccn1. The van der Waals surface area contributed by atoms with Crippen molar-refractivity contribution in [3.8, 4) is 0 Å². The Labute approximate surface area is 78.1 Å². The van der Waals surface area contributed by atoms with E-state index in [2.05, 4.69) is 5.10 Å². The Morgan fingerprint density at radius 2 is 1.86 bits per heavy atom. The number of aromatic nitrogens is 2. The second-order valence-corrected chi connectivity index (χ2v) is 2.29. The molecule has 8 heteroatoms. The van der Waals surface area contributed by atoms with Crippen molar-refractivity contribution in [2.45, 2.75) is 6.29 Å². The van der Waals surface area contributed by atoms with E-state index in [0.717, 1.165) is 4.68 Å². The summed E-state index contributed by atoms with van der Waals surface area (Å²) in [6.45, 7) is 0. The number of amides is 2. The molecule has 0 saturated carbocycles. The maximum atomic E-state index is 10.3. The van der Waals surface area contributed by atoms with Gasteiger partial charge in [-0.1, -0.05) is 0 Å². The first-order chi connectivity index (χ1) is 6.59. The highest BCUT2D eigenvalue weighted by Gasteiger charge is 2.14. The second kappa shape index (κ2) is 4.12. The fourth-order valence-electron chi connectivity index (χ4n) is 0.836. The van der Waals surface area contributed by atoms with Gasteiger partial charge in [-0.2, -0.15) is 5.10 Å².